The molecule has 1 aromatic rings. The zero-order valence-corrected chi connectivity index (χ0v) is 7.74. The van der Waals surface area contributed by atoms with Crippen LogP contribution < -0.4 is 0 Å². The topological polar surface area (TPSA) is 3.01 Å². The van der Waals surface area contributed by atoms with Crippen molar-refractivity contribution in [3.8, 4) is 0 Å². The normalized spacial score (nSPS) is 14.6. The van der Waals surface area contributed by atoms with Crippen LogP contribution in [0.15, 0.2) is 36.9 Å². The Morgan fingerprint density at radius 1 is 1.38 bits per heavy atom. The van der Waals surface area contributed by atoms with Crippen molar-refractivity contribution in [2.24, 2.45) is 0 Å². The quantitative estimate of drug-likeness (QED) is 0.473. The van der Waals surface area contributed by atoms with E-state index in [9.17, 15) is 0 Å². The van der Waals surface area contributed by atoms with E-state index in [0.717, 1.165) is 19.5 Å². The largest absolute Gasteiger partial charge is 0.231 e. The fraction of sp³-hybridized carbons (Fsp3) is 0.250. The van der Waals surface area contributed by atoms with E-state index in [-0.39, 0.29) is 0 Å². The van der Waals surface area contributed by atoms with E-state index in [4.69, 9.17) is 0 Å². The third kappa shape index (κ3) is 1.69. The highest BCUT2D eigenvalue weighted by Gasteiger charge is 2.12. The second-order valence-electron chi connectivity index (χ2n) is 3.36. The summed E-state index contributed by atoms with van der Waals surface area (Å²) in [6, 6.07) is 8.57. The molecule has 0 fully saturated rings. The number of hydrogen-bond acceptors (Lipinski definition) is 0. The molecular weight excluding hydrogens is 158 g/mol. The summed E-state index contributed by atoms with van der Waals surface area (Å²) in [6.07, 6.45) is 5.32. The minimum Gasteiger partial charge on any atom is -0.231 e. The van der Waals surface area contributed by atoms with Crippen molar-refractivity contribution in [1.29, 1.82) is 0 Å². The van der Waals surface area contributed by atoms with Gasteiger partial charge in [0.2, 0.25) is 0 Å². The Hall–Kier alpha value is -1.37. The minimum atomic E-state index is 0.953. The van der Waals surface area contributed by atoms with Crippen molar-refractivity contribution >= 4 is 6.21 Å². The maximum atomic E-state index is 3.75. The molecule has 0 saturated carbocycles. The van der Waals surface area contributed by atoms with E-state index >= 15 is 0 Å². The van der Waals surface area contributed by atoms with Crippen LogP contribution in [-0.2, 0) is 6.42 Å². The maximum Gasteiger partial charge on any atom is 0.171 e. The summed E-state index contributed by atoms with van der Waals surface area (Å²) in [6.45, 7) is 5.82. The lowest BCUT2D eigenvalue weighted by molar-refractivity contribution is -0.513. The van der Waals surface area contributed by atoms with Crippen LogP contribution in [0.5, 0.6) is 0 Å². The molecular formula is C12H14N+. The van der Waals surface area contributed by atoms with Gasteiger partial charge >= 0.3 is 0 Å². The first-order valence-electron chi connectivity index (χ1n) is 4.68. The molecule has 0 radical (unpaired) electrons. The molecule has 0 spiro atoms. The third-order valence-electron chi connectivity index (χ3n) is 2.41. The van der Waals surface area contributed by atoms with Crippen molar-refractivity contribution < 1.29 is 4.58 Å². The smallest absolute Gasteiger partial charge is 0.171 e. The lowest BCUT2D eigenvalue weighted by Crippen LogP contribution is -2.22. The van der Waals surface area contributed by atoms with Gasteiger partial charge in [0, 0.05) is 12.0 Å². The Labute approximate surface area is 79.0 Å². The Morgan fingerprint density at radius 2 is 2.23 bits per heavy atom. The Kier molecular flexibility index (Phi) is 2.26. The lowest BCUT2D eigenvalue weighted by Gasteiger charge is -2.10. The number of benzene rings is 1. The Morgan fingerprint density at radius 3 is 3.08 bits per heavy atom. The van der Waals surface area contributed by atoms with E-state index in [1.54, 1.807) is 0 Å². The molecule has 1 heteroatoms. The summed E-state index contributed by atoms with van der Waals surface area (Å²) in [5.41, 5.74) is 2.82. The van der Waals surface area contributed by atoms with Crippen molar-refractivity contribution in [2.75, 3.05) is 13.1 Å². The van der Waals surface area contributed by atoms with E-state index in [1.807, 2.05) is 6.08 Å². The molecule has 66 valence electrons. The van der Waals surface area contributed by atoms with Gasteiger partial charge in [0.15, 0.2) is 12.8 Å². The molecule has 0 amide bonds. The van der Waals surface area contributed by atoms with Gasteiger partial charge in [-0.2, -0.15) is 0 Å². The molecule has 1 aliphatic rings. The van der Waals surface area contributed by atoms with E-state index in [1.165, 1.54) is 11.1 Å². The SMILES string of the molecule is C=CC[N+]1=Cc2ccccc2CC1. The molecule has 0 atom stereocenters. The molecule has 1 aliphatic heterocycles. The van der Waals surface area contributed by atoms with Crippen LogP contribution in [-0.4, -0.2) is 23.9 Å². The summed E-state index contributed by atoms with van der Waals surface area (Å²) >= 11 is 0. The van der Waals surface area contributed by atoms with Crippen LogP contribution in [0, 0.1) is 0 Å². The number of rotatable bonds is 2. The molecule has 0 bridgehead atoms. The standard InChI is InChI=1S/C12H14N/c1-2-8-13-9-7-11-5-3-4-6-12(11)10-13/h2-6,10H,1,7-9H2/q+1. The molecule has 0 N–H and O–H groups in total. The molecule has 0 unspecified atom stereocenters. The van der Waals surface area contributed by atoms with Crippen molar-refractivity contribution in [3.05, 3.63) is 48.0 Å². The predicted octanol–water partition coefficient (Wildman–Crippen LogP) is 1.86. The molecule has 1 nitrogen and oxygen atoms in total. The summed E-state index contributed by atoms with van der Waals surface area (Å²) in [5, 5.41) is 0. The van der Waals surface area contributed by atoms with Gasteiger partial charge in [0.05, 0.1) is 0 Å². The van der Waals surface area contributed by atoms with Gasteiger partial charge in [-0.3, -0.25) is 0 Å². The number of nitrogens with zero attached hydrogens (tertiary/aromatic N) is 1. The Balaban J connectivity index is 2.32. The summed E-state index contributed by atoms with van der Waals surface area (Å²) in [5.74, 6) is 0. The Bertz CT molecular complexity index is 350. The average Bonchev–Trinajstić information content (AvgIpc) is 2.18. The van der Waals surface area contributed by atoms with E-state index < -0.39 is 0 Å². The van der Waals surface area contributed by atoms with Gasteiger partial charge in [-0.15, -0.1) is 0 Å². The first kappa shape index (κ1) is 8.24. The van der Waals surface area contributed by atoms with Crippen LogP contribution in [0.4, 0.5) is 0 Å². The molecule has 1 heterocycles. The van der Waals surface area contributed by atoms with Crippen molar-refractivity contribution in [2.45, 2.75) is 6.42 Å². The van der Waals surface area contributed by atoms with Crippen LogP contribution in [0.1, 0.15) is 11.1 Å². The first-order chi connectivity index (χ1) is 6.40. The summed E-state index contributed by atoms with van der Waals surface area (Å²) in [7, 11) is 0. The molecule has 0 saturated heterocycles. The summed E-state index contributed by atoms with van der Waals surface area (Å²) < 4.78 is 2.30. The summed E-state index contributed by atoms with van der Waals surface area (Å²) in [4.78, 5) is 0. The van der Waals surface area contributed by atoms with Gasteiger partial charge in [0.1, 0.15) is 6.54 Å². The van der Waals surface area contributed by atoms with E-state index in [0.29, 0.717) is 0 Å². The van der Waals surface area contributed by atoms with Gasteiger partial charge in [-0.05, 0) is 17.7 Å². The van der Waals surface area contributed by atoms with Gasteiger partial charge in [-0.1, -0.05) is 24.8 Å². The van der Waals surface area contributed by atoms with Crippen LogP contribution >= 0.6 is 0 Å². The van der Waals surface area contributed by atoms with Crippen LogP contribution in [0.25, 0.3) is 0 Å². The molecule has 1 aromatic carbocycles. The third-order valence-corrected chi connectivity index (χ3v) is 2.41. The second kappa shape index (κ2) is 3.56. The monoisotopic (exact) mass is 172 g/mol. The fourth-order valence-corrected chi connectivity index (χ4v) is 1.72. The predicted molar refractivity (Wildman–Crippen MR) is 55.5 cm³/mol. The second-order valence-corrected chi connectivity index (χ2v) is 3.36. The molecule has 13 heavy (non-hydrogen) atoms. The van der Waals surface area contributed by atoms with E-state index in [2.05, 4.69) is 41.6 Å². The van der Waals surface area contributed by atoms with Gasteiger partial charge in [-0.25, -0.2) is 4.58 Å². The maximum absolute atomic E-state index is 3.75. The minimum absolute atomic E-state index is 0.953. The lowest BCUT2D eigenvalue weighted by atomic mass is 10.0. The zero-order valence-electron chi connectivity index (χ0n) is 7.74. The molecule has 0 aliphatic carbocycles. The highest BCUT2D eigenvalue weighted by Crippen LogP contribution is 2.10. The van der Waals surface area contributed by atoms with Crippen LogP contribution in [0.2, 0.25) is 0 Å². The number of fused-ring (bicyclic) bond motifs is 1. The fourth-order valence-electron chi connectivity index (χ4n) is 1.72. The van der Waals surface area contributed by atoms with Crippen molar-refractivity contribution in [1.82, 2.24) is 0 Å². The van der Waals surface area contributed by atoms with Gasteiger partial charge < -0.3 is 0 Å². The molecule has 0 aromatic heterocycles. The highest BCUT2D eigenvalue weighted by molar-refractivity contribution is 5.78. The molecule has 2 rings (SSSR count). The first-order valence-corrected chi connectivity index (χ1v) is 4.68. The van der Waals surface area contributed by atoms with Crippen LogP contribution in [0.3, 0.4) is 0 Å². The highest BCUT2D eigenvalue weighted by atomic mass is 15.0. The average molecular weight is 172 g/mol. The zero-order chi connectivity index (χ0) is 9.10. The number of hydrogen-bond donors (Lipinski definition) is 0. The van der Waals surface area contributed by atoms with Crippen molar-refractivity contribution in [3.63, 3.8) is 0 Å². The van der Waals surface area contributed by atoms with Gasteiger partial charge in [0.25, 0.3) is 0 Å².